The van der Waals surface area contributed by atoms with Crippen molar-refractivity contribution in [3.8, 4) is 0 Å². The van der Waals surface area contributed by atoms with E-state index in [0.29, 0.717) is 0 Å². The number of carbonyl (C=O) groups excluding carboxylic acids is 1. The van der Waals surface area contributed by atoms with E-state index in [1.54, 1.807) is 6.07 Å². The topological polar surface area (TPSA) is 90.1 Å². The second-order valence-electron chi connectivity index (χ2n) is 5.22. The smallest absolute Gasteiger partial charge is 0.358 e. The maximum Gasteiger partial charge on any atom is 0.390 e. The summed E-state index contributed by atoms with van der Waals surface area (Å²) in [6.07, 6.45) is 0. The van der Waals surface area contributed by atoms with Gasteiger partial charge in [0.25, 0.3) is 5.91 Å². The second kappa shape index (κ2) is 6.91. The van der Waals surface area contributed by atoms with Gasteiger partial charge < -0.3 is 15.4 Å². The zero-order valence-electron chi connectivity index (χ0n) is 12.9. The average Bonchev–Trinajstić information content (AvgIpc) is 3.02. The van der Waals surface area contributed by atoms with Crippen LogP contribution in [0.15, 0.2) is 60.7 Å². The number of halogens is 1. The van der Waals surface area contributed by atoms with Crippen molar-refractivity contribution in [3.63, 3.8) is 0 Å². The van der Waals surface area contributed by atoms with Crippen LogP contribution < -0.4 is 5.32 Å². The van der Waals surface area contributed by atoms with Crippen LogP contribution in [0.3, 0.4) is 0 Å². The molecule has 0 atom stereocenters. The van der Waals surface area contributed by atoms with Gasteiger partial charge in [-0.15, -0.1) is 0 Å². The van der Waals surface area contributed by atoms with Crippen molar-refractivity contribution < 1.29 is 14.1 Å². The number of hydrogen-bond donors (Lipinski definition) is 1. The molecule has 3 rings (SSSR count). The van der Waals surface area contributed by atoms with Crippen molar-refractivity contribution in [1.82, 2.24) is 9.78 Å². The number of rotatable bonds is 5. The van der Waals surface area contributed by atoms with Crippen LogP contribution >= 0.6 is 0 Å². The molecule has 3 aromatic rings. The van der Waals surface area contributed by atoms with Crippen LogP contribution in [-0.4, -0.2) is 20.6 Å². The van der Waals surface area contributed by atoms with E-state index in [0.717, 1.165) is 11.6 Å². The quantitative estimate of drug-likeness (QED) is 0.570. The SMILES string of the molecule is O=C(Nc1ccccc1F)c1cc([N+](=O)[O-])nn1Cc1ccccc1. The van der Waals surface area contributed by atoms with Gasteiger partial charge >= 0.3 is 5.82 Å². The molecule has 0 bridgehead atoms. The lowest BCUT2D eigenvalue weighted by Crippen LogP contribution is -2.18. The summed E-state index contributed by atoms with van der Waals surface area (Å²) in [5, 5.41) is 17.3. The molecular formula is C17H13FN4O3. The number of hydrogen-bond acceptors (Lipinski definition) is 4. The number of benzene rings is 2. The first-order valence-electron chi connectivity index (χ1n) is 7.36. The maximum atomic E-state index is 13.7. The number of carbonyl (C=O) groups is 1. The molecule has 0 unspecified atom stereocenters. The number of anilines is 1. The molecule has 8 heteroatoms. The van der Waals surface area contributed by atoms with Gasteiger partial charge in [-0.05, 0) is 22.6 Å². The highest BCUT2D eigenvalue weighted by atomic mass is 19.1. The van der Waals surface area contributed by atoms with Crippen LogP contribution in [0.5, 0.6) is 0 Å². The summed E-state index contributed by atoms with van der Waals surface area (Å²) in [6, 6.07) is 15.8. The summed E-state index contributed by atoms with van der Waals surface area (Å²) in [6.45, 7) is 0.175. The Labute approximate surface area is 141 Å². The number of para-hydroxylation sites is 1. The third kappa shape index (κ3) is 3.69. The van der Waals surface area contributed by atoms with Crippen molar-refractivity contribution in [2.75, 3.05) is 5.32 Å². The van der Waals surface area contributed by atoms with Crippen molar-refractivity contribution in [2.24, 2.45) is 0 Å². The fourth-order valence-corrected chi connectivity index (χ4v) is 2.30. The first kappa shape index (κ1) is 16.3. The van der Waals surface area contributed by atoms with Gasteiger partial charge in [0.05, 0.1) is 23.4 Å². The second-order valence-corrected chi connectivity index (χ2v) is 5.22. The lowest BCUT2D eigenvalue weighted by atomic mass is 10.2. The molecule has 0 fully saturated rings. The Balaban J connectivity index is 1.92. The molecule has 0 saturated carbocycles. The van der Waals surface area contributed by atoms with Crippen molar-refractivity contribution in [2.45, 2.75) is 6.54 Å². The molecule has 0 aliphatic rings. The van der Waals surface area contributed by atoms with Gasteiger partial charge in [-0.3, -0.25) is 4.79 Å². The van der Waals surface area contributed by atoms with Crippen LogP contribution in [0, 0.1) is 15.9 Å². The molecule has 0 saturated heterocycles. The molecule has 0 aliphatic heterocycles. The Hall–Kier alpha value is -3.55. The van der Waals surface area contributed by atoms with E-state index in [1.807, 2.05) is 30.3 Å². The van der Waals surface area contributed by atoms with Gasteiger partial charge in [0.1, 0.15) is 5.82 Å². The summed E-state index contributed by atoms with van der Waals surface area (Å²) in [5.74, 6) is -1.73. The Bertz CT molecular complexity index is 925. The van der Waals surface area contributed by atoms with E-state index < -0.39 is 22.5 Å². The van der Waals surface area contributed by atoms with Gasteiger partial charge in [0.2, 0.25) is 0 Å². The summed E-state index contributed by atoms with van der Waals surface area (Å²) in [5.41, 5.74) is 0.779. The highest BCUT2D eigenvalue weighted by Crippen LogP contribution is 2.18. The van der Waals surface area contributed by atoms with Crippen LogP contribution in [-0.2, 0) is 6.54 Å². The highest BCUT2D eigenvalue weighted by molar-refractivity contribution is 6.03. The molecule has 1 amide bonds. The number of nitrogens with zero attached hydrogens (tertiary/aromatic N) is 3. The fraction of sp³-hybridized carbons (Fsp3) is 0.0588. The van der Waals surface area contributed by atoms with E-state index in [1.165, 1.54) is 22.9 Å². The van der Waals surface area contributed by atoms with E-state index in [4.69, 9.17) is 0 Å². The maximum absolute atomic E-state index is 13.7. The van der Waals surface area contributed by atoms with Gasteiger partial charge in [-0.1, -0.05) is 42.5 Å². The van der Waals surface area contributed by atoms with Crippen LogP contribution in [0.25, 0.3) is 0 Å². The van der Waals surface area contributed by atoms with E-state index in [2.05, 4.69) is 10.4 Å². The van der Waals surface area contributed by atoms with Gasteiger partial charge in [-0.25, -0.2) is 4.39 Å². The average molecular weight is 340 g/mol. The summed E-state index contributed by atoms with van der Waals surface area (Å²) in [7, 11) is 0. The zero-order valence-corrected chi connectivity index (χ0v) is 12.9. The monoisotopic (exact) mass is 340 g/mol. The van der Waals surface area contributed by atoms with E-state index in [9.17, 15) is 19.3 Å². The van der Waals surface area contributed by atoms with Gasteiger partial charge in [-0.2, -0.15) is 4.68 Å². The molecule has 1 N–H and O–H groups in total. The molecule has 7 nitrogen and oxygen atoms in total. The number of nitrogens with one attached hydrogen (secondary N) is 1. The lowest BCUT2D eigenvalue weighted by molar-refractivity contribution is -0.389. The Morgan fingerprint density at radius 2 is 1.84 bits per heavy atom. The summed E-state index contributed by atoms with van der Waals surface area (Å²) < 4.78 is 14.9. The van der Waals surface area contributed by atoms with E-state index in [-0.39, 0.29) is 17.9 Å². The zero-order chi connectivity index (χ0) is 17.8. The molecule has 2 aromatic carbocycles. The molecule has 0 aliphatic carbocycles. The molecule has 0 radical (unpaired) electrons. The Morgan fingerprint density at radius 1 is 1.16 bits per heavy atom. The third-order valence-corrected chi connectivity index (χ3v) is 3.48. The minimum Gasteiger partial charge on any atom is -0.358 e. The van der Waals surface area contributed by atoms with Crippen LogP contribution in [0.4, 0.5) is 15.9 Å². The summed E-state index contributed by atoms with van der Waals surface area (Å²) >= 11 is 0. The van der Waals surface area contributed by atoms with Gasteiger partial charge in [0.15, 0.2) is 5.69 Å². The number of nitro groups is 1. The first-order chi connectivity index (χ1) is 12.0. The Morgan fingerprint density at radius 3 is 2.52 bits per heavy atom. The van der Waals surface area contributed by atoms with Crippen molar-refractivity contribution in [3.05, 3.63) is 87.9 Å². The molecule has 1 aromatic heterocycles. The predicted molar refractivity (Wildman–Crippen MR) is 88.8 cm³/mol. The summed E-state index contributed by atoms with van der Waals surface area (Å²) in [4.78, 5) is 22.8. The number of amides is 1. The van der Waals surface area contributed by atoms with Crippen LogP contribution in [0.2, 0.25) is 0 Å². The molecule has 25 heavy (non-hydrogen) atoms. The third-order valence-electron chi connectivity index (χ3n) is 3.48. The molecular weight excluding hydrogens is 327 g/mol. The lowest BCUT2D eigenvalue weighted by Gasteiger charge is -2.06. The van der Waals surface area contributed by atoms with Crippen molar-refractivity contribution in [1.29, 1.82) is 0 Å². The highest BCUT2D eigenvalue weighted by Gasteiger charge is 2.24. The number of aromatic nitrogens is 2. The molecule has 0 spiro atoms. The fourth-order valence-electron chi connectivity index (χ4n) is 2.30. The normalized spacial score (nSPS) is 10.4. The standard InChI is InChI=1S/C17H13FN4O3/c18-13-8-4-5-9-14(13)19-17(23)15-10-16(22(24)25)20-21(15)11-12-6-2-1-3-7-12/h1-10H,11H2,(H,19,23). The van der Waals surface area contributed by atoms with E-state index >= 15 is 0 Å². The minimum atomic E-state index is -0.679. The van der Waals surface area contributed by atoms with Crippen LogP contribution in [0.1, 0.15) is 16.1 Å². The first-order valence-corrected chi connectivity index (χ1v) is 7.36. The largest absolute Gasteiger partial charge is 0.390 e. The molecule has 126 valence electrons. The minimum absolute atomic E-state index is 0.0115. The molecule has 1 heterocycles. The van der Waals surface area contributed by atoms with Gasteiger partial charge in [0, 0.05) is 0 Å². The predicted octanol–water partition coefficient (Wildman–Crippen LogP) is 3.23. The Kier molecular flexibility index (Phi) is 4.51. The van der Waals surface area contributed by atoms with Crippen molar-refractivity contribution >= 4 is 17.4 Å².